The van der Waals surface area contributed by atoms with Gasteiger partial charge in [-0.25, -0.2) is 4.98 Å². The lowest BCUT2D eigenvalue weighted by molar-refractivity contribution is 0.101. The molecule has 0 saturated carbocycles. The first-order valence-electron chi connectivity index (χ1n) is 7.95. The molecule has 0 aliphatic carbocycles. The molecule has 6 nitrogen and oxygen atoms in total. The molecule has 0 radical (unpaired) electrons. The number of aromatic nitrogens is 4. The third-order valence-corrected chi connectivity index (χ3v) is 4.09. The number of anilines is 2. The number of aryl methyl sites for hydroxylation is 1. The Morgan fingerprint density at radius 3 is 2.80 bits per heavy atom. The molecule has 4 rings (SSSR count). The molecule has 6 heteroatoms. The van der Waals surface area contributed by atoms with Gasteiger partial charge in [0.25, 0.3) is 0 Å². The molecule has 25 heavy (non-hydrogen) atoms. The van der Waals surface area contributed by atoms with Crippen LogP contribution in [0, 0.1) is 0 Å². The summed E-state index contributed by atoms with van der Waals surface area (Å²) in [6.07, 6.45) is 5.59. The van der Waals surface area contributed by atoms with Crippen LogP contribution in [-0.2, 0) is 7.05 Å². The van der Waals surface area contributed by atoms with Gasteiger partial charge in [-0.2, -0.15) is 5.10 Å². The van der Waals surface area contributed by atoms with Crippen LogP contribution < -0.4 is 5.32 Å². The number of fused-ring (bicyclic) bond motifs is 1. The molecular weight excluding hydrogens is 314 g/mol. The van der Waals surface area contributed by atoms with Crippen molar-refractivity contribution in [3.63, 3.8) is 0 Å². The summed E-state index contributed by atoms with van der Waals surface area (Å²) in [5.41, 5.74) is 4.38. The number of Topliss-reactive ketones (excluding diaryl/α,β-unsaturated/α-hetero) is 1. The van der Waals surface area contributed by atoms with Crippen molar-refractivity contribution >= 4 is 28.2 Å². The van der Waals surface area contributed by atoms with Crippen molar-refractivity contribution in [2.75, 3.05) is 5.32 Å². The lowest BCUT2D eigenvalue weighted by Crippen LogP contribution is -2.01. The second-order valence-corrected chi connectivity index (χ2v) is 5.97. The summed E-state index contributed by atoms with van der Waals surface area (Å²) in [7, 11) is 1.89. The number of ketones is 1. The minimum Gasteiger partial charge on any atom is -0.354 e. The number of hydrogen-bond acceptors (Lipinski definition) is 4. The number of benzene rings is 1. The first kappa shape index (κ1) is 15.1. The lowest BCUT2D eigenvalue weighted by atomic mass is 10.1. The normalized spacial score (nSPS) is 11.0. The van der Waals surface area contributed by atoms with Gasteiger partial charge in [-0.15, -0.1) is 0 Å². The minimum absolute atomic E-state index is 0.0166. The van der Waals surface area contributed by atoms with Crippen LogP contribution in [0.2, 0.25) is 0 Å². The molecule has 0 spiro atoms. The summed E-state index contributed by atoms with van der Waals surface area (Å²) in [5, 5.41) is 8.45. The monoisotopic (exact) mass is 331 g/mol. The summed E-state index contributed by atoms with van der Waals surface area (Å²) in [6, 6.07) is 11.4. The quantitative estimate of drug-likeness (QED) is 0.556. The Morgan fingerprint density at radius 2 is 2.04 bits per heavy atom. The molecular formula is C19H17N5O. The molecule has 3 heterocycles. The molecule has 0 amide bonds. The van der Waals surface area contributed by atoms with Gasteiger partial charge in [0.2, 0.25) is 0 Å². The van der Waals surface area contributed by atoms with Crippen LogP contribution in [0.4, 0.5) is 11.5 Å². The third-order valence-electron chi connectivity index (χ3n) is 4.09. The molecule has 0 bridgehead atoms. The standard InChI is InChI=1S/C19H17N5O/c1-12(25)15-5-3-4-6-16(15)23-19-8-18-13(9-20-19)7-17(22-18)14-10-21-24(2)11-14/h3-11,22H,1-2H3,(H,20,23). The number of nitrogens with zero attached hydrogens (tertiary/aromatic N) is 3. The molecule has 3 aromatic heterocycles. The summed E-state index contributed by atoms with van der Waals surface area (Å²) in [5.74, 6) is 0.698. The van der Waals surface area contributed by atoms with E-state index in [4.69, 9.17) is 0 Å². The molecule has 124 valence electrons. The first-order chi connectivity index (χ1) is 12.1. The highest BCUT2D eigenvalue weighted by Gasteiger charge is 2.09. The van der Waals surface area contributed by atoms with Crippen molar-refractivity contribution in [3.05, 3.63) is 60.6 Å². The molecule has 0 unspecified atom stereocenters. The van der Waals surface area contributed by atoms with Crippen molar-refractivity contribution in [1.82, 2.24) is 19.7 Å². The van der Waals surface area contributed by atoms with E-state index < -0.39 is 0 Å². The van der Waals surface area contributed by atoms with E-state index >= 15 is 0 Å². The summed E-state index contributed by atoms with van der Waals surface area (Å²) in [6.45, 7) is 1.56. The Bertz CT molecular complexity index is 1080. The average molecular weight is 331 g/mol. The fraction of sp³-hybridized carbons (Fsp3) is 0.105. The molecule has 0 atom stereocenters. The predicted octanol–water partition coefficient (Wildman–Crippen LogP) is 3.91. The van der Waals surface area contributed by atoms with Crippen molar-refractivity contribution < 1.29 is 4.79 Å². The zero-order valence-electron chi connectivity index (χ0n) is 13.9. The van der Waals surface area contributed by atoms with Gasteiger partial charge >= 0.3 is 0 Å². The summed E-state index contributed by atoms with van der Waals surface area (Å²) in [4.78, 5) is 19.6. The van der Waals surface area contributed by atoms with E-state index in [-0.39, 0.29) is 5.78 Å². The zero-order chi connectivity index (χ0) is 17.4. The molecule has 0 saturated heterocycles. The minimum atomic E-state index is 0.0166. The van der Waals surface area contributed by atoms with E-state index in [9.17, 15) is 4.79 Å². The molecule has 0 aliphatic rings. The fourth-order valence-electron chi connectivity index (χ4n) is 2.85. The van der Waals surface area contributed by atoms with Crippen LogP contribution in [0.5, 0.6) is 0 Å². The maximum absolute atomic E-state index is 11.8. The van der Waals surface area contributed by atoms with Gasteiger partial charge < -0.3 is 10.3 Å². The zero-order valence-corrected chi connectivity index (χ0v) is 13.9. The van der Waals surface area contributed by atoms with E-state index in [0.29, 0.717) is 11.4 Å². The highest BCUT2D eigenvalue weighted by Crippen LogP contribution is 2.26. The molecule has 0 aliphatic heterocycles. The molecule has 0 fully saturated rings. The van der Waals surface area contributed by atoms with Crippen LogP contribution in [0.25, 0.3) is 22.2 Å². The number of carbonyl (C=O) groups excluding carboxylic acids is 1. The SMILES string of the molecule is CC(=O)c1ccccc1Nc1cc2[nH]c(-c3cnn(C)c3)cc2cn1. The predicted molar refractivity (Wildman–Crippen MR) is 98.0 cm³/mol. The first-order valence-corrected chi connectivity index (χ1v) is 7.95. The highest BCUT2D eigenvalue weighted by atomic mass is 16.1. The largest absolute Gasteiger partial charge is 0.354 e. The van der Waals surface area contributed by atoms with E-state index in [1.165, 1.54) is 0 Å². The average Bonchev–Trinajstić information content (AvgIpc) is 3.20. The van der Waals surface area contributed by atoms with Crippen molar-refractivity contribution in [2.24, 2.45) is 7.05 Å². The van der Waals surface area contributed by atoms with Gasteiger partial charge in [0.05, 0.1) is 17.4 Å². The summed E-state index contributed by atoms with van der Waals surface area (Å²) < 4.78 is 1.77. The van der Waals surface area contributed by atoms with E-state index in [0.717, 1.165) is 27.8 Å². The Morgan fingerprint density at radius 1 is 1.20 bits per heavy atom. The maximum Gasteiger partial charge on any atom is 0.161 e. The van der Waals surface area contributed by atoms with E-state index in [1.54, 1.807) is 17.7 Å². The number of hydrogen-bond donors (Lipinski definition) is 2. The van der Waals surface area contributed by atoms with Crippen LogP contribution in [0.15, 0.2) is 55.0 Å². The number of aromatic amines is 1. The number of pyridine rings is 1. The molecule has 2 N–H and O–H groups in total. The number of H-pyrrole nitrogens is 1. The molecule has 4 aromatic rings. The van der Waals surface area contributed by atoms with Crippen LogP contribution in [0.1, 0.15) is 17.3 Å². The summed E-state index contributed by atoms with van der Waals surface area (Å²) >= 11 is 0. The Hall–Kier alpha value is -3.41. The van der Waals surface area contributed by atoms with Gasteiger partial charge in [-0.3, -0.25) is 9.48 Å². The van der Waals surface area contributed by atoms with E-state index in [1.807, 2.05) is 56.0 Å². The van der Waals surface area contributed by atoms with Gasteiger partial charge in [-0.1, -0.05) is 12.1 Å². The maximum atomic E-state index is 11.8. The second-order valence-electron chi connectivity index (χ2n) is 5.97. The Balaban J connectivity index is 1.69. The Labute approximate surface area is 144 Å². The van der Waals surface area contributed by atoms with Crippen molar-refractivity contribution in [2.45, 2.75) is 6.92 Å². The van der Waals surface area contributed by atoms with Crippen LogP contribution in [0.3, 0.4) is 0 Å². The fourth-order valence-corrected chi connectivity index (χ4v) is 2.85. The molecule has 1 aromatic carbocycles. The smallest absolute Gasteiger partial charge is 0.161 e. The van der Waals surface area contributed by atoms with Gasteiger partial charge in [-0.05, 0) is 25.1 Å². The highest BCUT2D eigenvalue weighted by molar-refractivity contribution is 6.00. The van der Waals surface area contributed by atoms with E-state index in [2.05, 4.69) is 20.4 Å². The number of nitrogens with one attached hydrogen (secondary N) is 2. The lowest BCUT2D eigenvalue weighted by Gasteiger charge is -2.09. The van der Waals surface area contributed by atoms with Crippen molar-refractivity contribution in [1.29, 1.82) is 0 Å². The van der Waals surface area contributed by atoms with Crippen LogP contribution >= 0.6 is 0 Å². The third kappa shape index (κ3) is 2.89. The van der Waals surface area contributed by atoms with Gasteiger partial charge in [0.15, 0.2) is 5.78 Å². The second kappa shape index (κ2) is 5.90. The van der Waals surface area contributed by atoms with Crippen molar-refractivity contribution in [3.8, 4) is 11.3 Å². The number of rotatable bonds is 4. The Kier molecular flexibility index (Phi) is 3.57. The topological polar surface area (TPSA) is 75.6 Å². The van der Waals surface area contributed by atoms with Gasteiger partial charge in [0, 0.05) is 47.7 Å². The van der Waals surface area contributed by atoms with Gasteiger partial charge in [0.1, 0.15) is 5.82 Å². The number of carbonyl (C=O) groups is 1. The van der Waals surface area contributed by atoms with Crippen LogP contribution in [-0.4, -0.2) is 25.5 Å². The number of para-hydroxylation sites is 1.